The highest BCUT2D eigenvalue weighted by molar-refractivity contribution is 7.89. The number of aryl methyl sites for hydroxylation is 1. The summed E-state index contributed by atoms with van der Waals surface area (Å²) in [4.78, 5) is 14.3. The first kappa shape index (κ1) is 16.0. The Morgan fingerprint density at radius 1 is 1.17 bits per heavy atom. The first-order chi connectivity index (χ1) is 10.9. The predicted molar refractivity (Wildman–Crippen MR) is 87.9 cm³/mol. The first-order valence-electron chi connectivity index (χ1n) is 7.69. The largest absolute Gasteiger partial charge is 0.451 e. The van der Waals surface area contributed by atoms with Gasteiger partial charge in [0, 0.05) is 37.1 Å². The summed E-state index contributed by atoms with van der Waals surface area (Å²) in [6, 6.07) is 7.54. The average Bonchev–Trinajstić information content (AvgIpc) is 2.91. The Morgan fingerprint density at radius 3 is 2.43 bits per heavy atom. The van der Waals surface area contributed by atoms with Crippen molar-refractivity contribution < 1.29 is 17.6 Å². The molecule has 6 nitrogen and oxygen atoms in total. The van der Waals surface area contributed by atoms with Crippen LogP contribution in [0, 0.1) is 6.92 Å². The van der Waals surface area contributed by atoms with E-state index in [0.29, 0.717) is 37.5 Å². The highest BCUT2D eigenvalue weighted by atomic mass is 32.2. The quantitative estimate of drug-likeness (QED) is 0.857. The van der Waals surface area contributed by atoms with Gasteiger partial charge in [0.05, 0.1) is 5.75 Å². The van der Waals surface area contributed by atoms with E-state index in [9.17, 15) is 13.2 Å². The molecule has 0 atom stereocenters. The van der Waals surface area contributed by atoms with Crippen molar-refractivity contribution in [2.75, 3.05) is 31.9 Å². The molecule has 0 spiro atoms. The number of hydrogen-bond donors (Lipinski definition) is 0. The van der Waals surface area contributed by atoms with E-state index < -0.39 is 10.0 Å². The number of piperazine rings is 1. The van der Waals surface area contributed by atoms with Gasteiger partial charge in [0.25, 0.3) is 5.91 Å². The van der Waals surface area contributed by atoms with Crippen LogP contribution in [-0.4, -0.2) is 55.5 Å². The molecule has 1 amide bonds. The van der Waals surface area contributed by atoms with Crippen molar-refractivity contribution in [3.63, 3.8) is 0 Å². The van der Waals surface area contributed by atoms with E-state index >= 15 is 0 Å². The number of para-hydroxylation sites is 1. The van der Waals surface area contributed by atoms with Gasteiger partial charge in [-0.1, -0.05) is 18.2 Å². The first-order valence-corrected chi connectivity index (χ1v) is 9.30. The van der Waals surface area contributed by atoms with Crippen LogP contribution >= 0.6 is 0 Å². The molecule has 0 saturated carbocycles. The fourth-order valence-electron chi connectivity index (χ4n) is 2.87. The lowest BCUT2D eigenvalue weighted by molar-refractivity contribution is 0.0667. The van der Waals surface area contributed by atoms with E-state index in [1.165, 1.54) is 4.31 Å². The molecular formula is C16H20N2O4S. The van der Waals surface area contributed by atoms with Gasteiger partial charge < -0.3 is 9.32 Å². The second-order valence-electron chi connectivity index (χ2n) is 5.64. The lowest BCUT2D eigenvalue weighted by atomic mass is 10.1. The minimum absolute atomic E-state index is 0.0869. The van der Waals surface area contributed by atoms with Crippen molar-refractivity contribution in [2.45, 2.75) is 13.8 Å². The van der Waals surface area contributed by atoms with E-state index in [4.69, 9.17) is 4.42 Å². The van der Waals surface area contributed by atoms with Gasteiger partial charge in [0.15, 0.2) is 5.76 Å². The van der Waals surface area contributed by atoms with Crippen molar-refractivity contribution in [3.05, 3.63) is 35.6 Å². The minimum Gasteiger partial charge on any atom is -0.451 e. The second-order valence-corrected chi connectivity index (χ2v) is 7.90. The third-order valence-corrected chi connectivity index (χ3v) is 6.20. The summed E-state index contributed by atoms with van der Waals surface area (Å²) >= 11 is 0. The van der Waals surface area contributed by atoms with Gasteiger partial charge in [-0.2, -0.15) is 4.31 Å². The van der Waals surface area contributed by atoms with Crippen LogP contribution in [0.3, 0.4) is 0 Å². The molecule has 7 heteroatoms. The highest BCUT2D eigenvalue weighted by Gasteiger charge is 2.30. The molecule has 1 fully saturated rings. The van der Waals surface area contributed by atoms with Crippen molar-refractivity contribution in [1.82, 2.24) is 9.21 Å². The molecule has 1 aliphatic heterocycles. The molecule has 0 aliphatic carbocycles. The number of rotatable bonds is 3. The summed E-state index contributed by atoms with van der Waals surface area (Å²) in [7, 11) is -3.19. The maximum atomic E-state index is 12.7. The minimum atomic E-state index is -3.19. The molecular weight excluding hydrogens is 316 g/mol. The van der Waals surface area contributed by atoms with Crippen LogP contribution in [0.15, 0.2) is 28.7 Å². The standard InChI is InChI=1S/C16H20N2O4S/c1-3-23(20,21)18-10-8-17(9-11-18)16(19)15-12(2)13-6-4-5-7-14(13)22-15/h4-7H,3,8-11H2,1-2H3. The maximum absolute atomic E-state index is 12.7. The summed E-state index contributed by atoms with van der Waals surface area (Å²) in [5, 5.41) is 0.933. The van der Waals surface area contributed by atoms with Crippen LogP contribution in [0.2, 0.25) is 0 Å². The van der Waals surface area contributed by atoms with E-state index in [2.05, 4.69) is 0 Å². The lowest BCUT2D eigenvalue weighted by Crippen LogP contribution is -2.50. The average molecular weight is 336 g/mol. The van der Waals surface area contributed by atoms with Crippen LogP contribution in [0.4, 0.5) is 0 Å². The molecule has 2 heterocycles. The number of fused-ring (bicyclic) bond motifs is 1. The zero-order chi connectivity index (χ0) is 16.6. The Morgan fingerprint density at radius 2 is 1.83 bits per heavy atom. The lowest BCUT2D eigenvalue weighted by Gasteiger charge is -2.33. The highest BCUT2D eigenvalue weighted by Crippen LogP contribution is 2.26. The third kappa shape index (κ3) is 2.86. The zero-order valence-electron chi connectivity index (χ0n) is 13.3. The van der Waals surface area contributed by atoms with E-state index in [1.807, 2.05) is 31.2 Å². The normalized spacial score (nSPS) is 16.9. The fourth-order valence-corrected chi connectivity index (χ4v) is 3.96. The molecule has 1 aromatic heterocycles. The molecule has 0 bridgehead atoms. The third-order valence-electron chi connectivity index (χ3n) is 4.32. The Balaban J connectivity index is 1.78. The molecule has 0 radical (unpaired) electrons. The Kier molecular flexibility index (Phi) is 4.16. The Hall–Kier alpha value is -1.86. The van der Waals surface area contributed by atoms with Crippen LogP contribution in [0.25, 0.3) is 11.0 Å². The van der Waals surface area contributed by atoms with Gasteiger partial charge in [-0.05, 0) is 19.9 Å². The molecule has 1 aliphatic rings. The number of nitrogens with zero attached hydrogens (tertiary/aromatic N) is 2. The molecule has 1 saturated heterocycles. The van der Waals surface area contributed by atoms with Gasteiger partial charge >= 0.3 is 0 Å². The molecule has 23 heavy (non-hydrogen) atoms. The summed E-state index contributed by atoms with van der Waals surface area (Å²) in [6.07, 6.45) is 0. The van der Waals surface area contributed by atoms with Gasteiger partial charge in [0.1, 0.15) is 5.58 Å². The maximum Gasteiger partial charge on any atom is 0.289 e. The molecule has 124 valence electrons. The summed E-state index contributed by atoms with van der Waals surface area (Å²) in [5.74, 6) is 0.258. The number of carbonyl (C=O) groups excluding carboxylic acids is 1. The van der Waals surface area contributed by atoms with Gasteiger partial charge in [0.2, 0.25) is 10.0 Å². The van der Waals surface area contributed by atoms with Crippen LogP contribution < -0.4 is 0 Å². The number of amides is 1. The van der Waals surface area contributed by atoms with Crippen molar-refractivity contribution in [3.8, 4) is 0 Å². The van der Waals surface area contributed by atoms with Gasteiger partial charge in [-0.15, -0.1) is 0 Å². The topological polar surface area (TPSA) is 70.8 Å². The second kappa shape index (κ2) is 5.98. The fraction of sp³-hybridized carbons (Fsp3) is 0.438. The van der Waals surface area contributed by atoms with Gasteiger partial charge in [-0.3, -0.25) is 4.79 Å². The number of carbonyl (C=O) groups is 1. The number of benzene rings is 1. The van der Waals surface area contributed by atoms with E-state index in [-0.39, 0.29) is 11.7 Å². The molecule has 1 aromatic carbocycles. The molecule has 0 unspecified atom stereocenters. The van der Waals surface area contributed by atoms with Gasteiger partial charge in [-0.25, -0.2) is 8.42 Å². The Labute approximate surface area is 135 Å². The van der Waals surface area contributed by atoms with Crippen LogP contribution in [-0.2, 0) is 10.0 Å². The van der Waals surface area contributed by atoms with Crippen molar-refractivity contribution in [2.24, 2.45) is 0 Å². The molecule has 2 aromatic rings. The monoisotopic (exact) mass is 336 g/mol. The van der Waals surface area contributed by atoms with Crippen LogP contribution in [0.1, 0.15) is 23.0 Å². The van der Waals surface area contributed by atoms with E-state index in [0.717, 1.165) is 10.9 Å². The SMILES string of the molecule is CCS(=O)(=O)N1CCN(C(=O)c2oc3ccccc3c2C)CC1. The number of sulfonamides is 1. The number of hydrogen-bond acceptors (Lipinski definition) is 4. The molecule has 0 N–H and O–H groups in total. The molecule has 3 rings (SSSR count). The van der Waals surface area contributed by atoms with E-state index in [1.54, 1.807) is 11.8 Å². The van der Waals surface area contributed by atoms with Crippen molar-refractivity contribution in [1.29, 1.82) is 0 Å². The number of furan rings is 1. The summed E-state index contributed by atoms with van der Waals surface area (Å²) in [6.45, 7) is 4.94. The predicted octanol–water partition coefficient (Wildman–Crippen LogP) is 1.85. The zero-order valence-corrected chi connectivity index (χ0v) is 14.1. The smallest absolute Gasteiger partial charge is 0.289 e. The van der Waals surface area contributed by atoms with Crippen LogP contribution in [0.5, 0.6) is 0 Å². The Bertz CT molecular complexity index is 833. The van der Waals surface area contributed by atoms with Crippen molar-refractivity contribution >= 4 is 26.9 Å². The summed E-state index contributed by atoms with van der Waals surface area (Å²) in [5.41, 5.74) is 1.52. The summed E-state index contributed by atoms with van der Waals surface area (Å²) < 4.78 is 30.9.